The van der Waals surface area contributed by atoms with Crippen LogP contribution in [0.1, 0.15) is 32.1 Å². The molecule has 0 spiro atoms. The molecule has 2 fully saturated rings. The van der Waals surface area contributed by atoms with Crippen molar-refractivity contribution in [1.29, 1.82) is 0 Å². The summed E-state index contributed by atoms with van der Waals surface area (Å²) in [5.41, 5.74) is 0. The van der Waals surface area contributed by atoms with Crippen LogP contribution in [0.4, 0.5) is 10.7 Å². The fraction of sp³-hybridized carbons (Fsp3) is 0.846. The average molecular weight is 293 g/mol. The molecule has 1 N–H and O–H groups in total. The van der Waals surface area contributed by atoms with Crippen LogP contribution in [0.2, 0.25) is 0 Å². The molecule has 8 heteroatoms. The van der Waals surface area contributed by atoms with Crippen LogP contribution in [0.15, 0.2) is 0 Å². The fourth-order valence-corrected chi connectivity index (χ4v) is 3.23. The van der Waals surface area contributed by atoms with E-state index in [1.807, 2.05) is 4.90 Å². The molecule has 0 saturated carbocycles. The first-order valence-corrected chi connectivity index (χ1v) is 7.76. The highest BCUT2D eigenvalue weighted by Crippen LogP contribution is 2.21. The van der Waals surface area contributed by atoms with Crippen molar-refractivity contribution in [2.45, 2.75) is 38.1 Å². The van der Waals surface area contributed by atoms with Crippen LogP contribution in [0.5, 0.6) is 0 Å². The molecule has 0 aromatic carbocycles. The molecular formula is C13H23N7O. The molecule has 1 aromatic rings. The topological polar surface area (TPSA) is 79.2 Å². The summed E-state index contributed by atoms with van der Waals surface area (Å²) >= 11 is 0. The van der Waals surface area contributed by atoms with E-state index in [0.717, 1.165) is 25.9 Å². The molecule has 2 amide bonds. The molecule has 3 heterocycles. The standard InChI is InChI=1S/C13H23N7O/c1-18-16-12(15-17-18)14-13(21)20-9-5-11(6-10-20)19-7-3-2-4-8-19/h11H,2-10H2,1H3,(H,14,16,21). The third kappa shape index (κ3) is 3.49. The Morgan fingerprint density at radius 2 is 1.86 bits per heavy atom. The monoisotopic (exact) mass is 293 g/mol. The number of hydrogen-bond donors (Lipinski definition) is 1. The highest BCUT2D eigenvalue weighted by atomic mass is 16.2. The molecule has 2 aliphatic heterocycles. The number of rotatable bonds is 2. The molecule has 0 unspecified atom stereocenters. The fourth-order valence-electron chi connectivity index (χ4n) is 3.23. The summed E-state index contributed by atoms with van der Waals surface area (Å²) in [5.74, 6) is 0.264. The number of aryl methyl sites for hydroxylation is 1. The largest absolute Gasteiger partial charge is 0.324 e. The average Bonchev–Trinajstić information content (AvgIpc) is 2.93. The number of hydrogen-bond acceptors (Lipinski definition) is 5. The lowest BCUT2D eigenvalue weighted by atomic mass is 10.0. The highest BCUT2D eigenvalue weighted by Gasteiger charge is 2.27. The summed E-state index contributed by atoms with van der Waals surface area (Å²) in [6.07, 6.45) is 6.11. The zero-order valence-electron chi connectivity index (χ0n) is 12.5. The summed E-state index contributed by atoms with van der Waals surface area (Å²) in [6, 6.07) is 0.518. The Bertz CT molecular complexity index is 475. The number of amides is 2. The van der Waals surface area contributed by atoms with E-state index in [-0.39, 0.29) is 12.0 Å². The molecule has 2 saturated heterocycles. The number of nitrogens with zero attached hydrogens (tertiary/aromatic N) is 6. The van der Waals surface area contributed by atoms with Crippen LogP contribution < -0.4 is 5.32 Å². The summed E-state index contributed by atoms with van der Waals surface area (Å²) in [7, 11) is 1.67. The summed E-state index contributed by atoms with van der Waals surface area (Å²) in [6.45, 7) is 4.04. The number of aromatic nitrogens is 4. The summed E-state index contributed by atoms with van der Waals surface area (Å²) in [5, 5.41) is 14.1. The number of urea groups is 1. The summed E-state index contributed by atoms with van der Waals surface area (Å²) in [4.78, 5) is 17.9. The third-order valence-corrected chi connectivity index (χ3v) is 4.39. The Morgan fingerprint density at radius 1 is 1.14 bits per heavy atom. The Hall–Kier alpha value is -1.70. The Morgan fingerprint density at radius 3 is 2.48 bits per heavy atom. The molecule has 8 nitrogen and oxygen atoms in total. The predicted octanol–water partition coefficient (Wildman–Crippen LogP) is 0.692. The zero-order valence-corrected chi connectivity index (χ0v) is 12.5. The molecule has 0 atom stereocenters. The van der Waals surface area contributed by atoms with E-state index < -0.39 is 0 Å². The van der Waals surface area contributed by atoms with Gasteiger partial charge in [-0.2, -0.15) is 4.80 Å². The minimum Gasteiger partial charge on any atom is -0.324 e. The minimum absolute atomic E-state index is 0.125. The Kier molecular flexibility index (Phi) is 4.33. The van der Waals surface area contributed by atoms with Crippen molar-refractivity contribution < 1.29 is 4.79 Å². The first kappa shape index (κ1) is 14.2. The molecule has 0 bridgehead atoms. The number of carbonyl (C=O) groups is 1. The number of piperidine rings is 2. The number of carbonyl (C=O) groups excluding carboxylic acids is 1. The van der Waals surface area contributed by atoms with E-state index in [1.165, 1.54) is 37.1 Å². The maximum Gasteiger partial charge on any atom is 0.324 e. The van der Waals surface area contributed by atoms with E-state index in [9.17, 15) is 4.79 Å². The van der Waals surface area contributed by atoms with Gasteiger partial charge in [0.05, 0.1) is 7.05 Å². The van der Waals surface area contributed by atoms with Crippen molar-refractivity contribution in [2.24, 2.45) is 7.05 Å². The van der Waals surface area contributed by atoms with E-state index in [2.05, 4.69) is 25.6 Å². The lowest BCUT2D eigenvalue weighted by molar-refractivity contribution is 0.104. The molecule has 116 valence electrons. The maximum absolute atomic E-state index is 12.1. The van der Waals surface area contributed by atoms with Crippen molar-refractivity contribution in [2.75, 3.05) is 31.5 Å². The molecule has 3 rings (SSSR count). The van der Waals surface area contributed by atoms with Gasteiger partial charge in [0, 0.05) is 19.1 Å². The van der Waals surface area contributed by atoms with Gasteiger partial charge in [-0.15, -0.1) is 5.10 Å². The molecule has 1 aromatic heterocycles. The second-order valence-corrected chi connectivity index (χ2v) is 5.85. The minimum atomic E-state index is -0.125. The SMILES string of the molecule is Cn1nnc(NC(=O)N2CCC(N3CCCCC3)CC2)n1. The van der Waals surface area contributed by atoms with Crippen LogP contribution >= 0.6 is 0 Å². The first-order chi connectivity index (χ1) is 10.2. The van der Waals surface area contributed by atoms with Crippen molar-refractivity contribution in [3.63, 3.8) is 0 Å². The lowest BCUT2D eigenvalue weighted by Gasteiger charge is -2.40. The van der Waals surface area contributed by atoms with Crippen LogP contribution in [-0.4, -0.2) is 68.3 Å². The van der Waals surface area contributed by atoms with E-state index in [4.69, 9.17) is 0 Å². The number of tetrazole rings is 1. The molecule has 2 aliphatic rings. The Balaban J connectivity index is 1.47. The van der Waals surface area contributed by atoms with Gasteiger partial charge in [-0.1, -0.05) is 11.5 Å². The van der Waals surface area contributed by atoms with Crippen LogP contribution in [-0.2, 0) is 7.05 Å². The number of nitrogens with one attached hydrogen (secondary N) is 1. The van der Waals surface area contributed by atoms with Gasteiger partial charge in [0.25, 0.3) is 5.95 Å². The Labute approximate surface area is 124 Å². The van der Waals surface area contributed by atoms with Gasteiger partial charge in [0.1, 0.15) is 0 Å². The van der Waals surface area contributed by atoms with Crippen LogP contribution in [0.3, 0.4) is 0 Å². The van der Waals surface area contributed by atoms with E-state index >= 15 is 0 Å². The van der Waals surface area contributed by atoms with Gasteiger partial charge in [-0.3, -0.25) is 5.32 Å². The van der Waals surface area contributed by atoms with E-state index in [1.54, 1.807) is 7.05 Å². The molecule has 0 aliphatic carbocycles. The van der Waals surface area contributed by atoms with Gasteiger partial charge in [-0.25, -0.2) is 4.79 Å². The lowest BCUT2D eigenvalue weighted by Crippen LogP contribution is -2.49. The highest BCUT2D eigenvalue weighted by molar-refractivity contribution is 5.87. The first-order valence-electron chi connectivity index (χ1n) is 7.76. The van der Waals surface area contributed by atoms with Crippen molar-refractivity contribution in [1.82, 2.24) is 30.0 Å². The number of anilines is 1. The second kappa shape index (κ2) is 6.38. The smallest absolute Gasteiger partial charge is 0.324 e. The number of likely N-dealkylation sites (tertiary alicyclic amines) is 2. The van der Waals surface area contributed by atoms with Gasteiger partial charge in [0.2, 0.25) is 0 Å². The van der Waals surface area contributed by atoms with Gasteiger partial charge >= 0.3 is 6.03 Å². The van der Waals surface area contributed by atoms with Gasteiger partial charge in [0.15, 0.2) is 0 Å². The predicted molar refractivity (Wildman–Crippen MR) is 77.8 cm³/mol. The van der Waals surface area contributed by atoms with Crippen LogP contribution in [0.25, 0.3) is 0 Å². The van der Waals surface area contributed by atoms with Crippen molar-refractivity contribution in [3.8, 4) is 0 Å². The second-order valence-electron chi connectivity index (χ2n) is 5.85. The van der Waals surface area contributed by atoms with Crippen molar-refractivity contribution >= 4 is 12.0 Å². The molecule has 0 radical (unpaired) electrons. The van der Waals surface area contributed by atoms with Gasteiger partial charge < -0.3 is 9.80 Å². The normalized spacial score (nSPS) is 21.5. The van der Waals surface area contributed by atoms with Crippen molar-refractivity contribution in [3.05, 3.63) is 0 Å². The quantitative estimate of drug-likeness (QED) is 0.868. The zero-order chi connectivity index (χ0) is 14.7. The molecular weight excluding hydrogens is 270 g/mol. The van der Waals surface area contributed by atoms with Crippen LogP contribution in [0, 0.1) is 0 Å². The molecule has 21 heavy (non-hydrogen) atoms. The van der Waals surface area contributed by atoms with E-state index in [0.29, 0.717) is 6.04 Å². The maximum atomic E-state index is 12.1. The summed E-state index contributed by atoms with van der Waals surface area (Å²) < 4.78 is 0. The van der Waals surface area contributed by atoms with Gasteiger partial charge in [-0.05, 0) is 44.0 Å². The third-order valence-electron chi connectivity index (χ3n) is 4.39.